The predicted octanol–water partition coefficient (Wildman–Crippen LogP) is 0.314. The van der Waals surface area contributed by atoms with Crippen LogP contribution in [0.15, 0.2) is 18.9 Å². The van der Waals surface area contributed by atoms with Crippen LogP contribution in [0.4, 0.5) is 0 Å². The van der Waals surface area contributed by atoms with Gasteiger partial charge >= 0.3 is 5.97 Å². The molecule has 6 heteroatoms. The Morgan fingerprint density at radius 3 is 3.20 bits per heavy atom. The van der Waals surface area contributed by atoms with Gasteiger partial charge in [0.15, 0.2) is 5.65 Å². The van der Waals surface area contributed by atoms with Crippen LogP contribution < -0.4 is 0 Å². The summed E-state index contributed by atoms with van der Waals surface area (Å²) in [5, 5.41) is 0. The third-order valence-electron chi connectivity index (χ3n) is 2.48. The summed E-state index contributed by atoms with van der Waals surface area (Å²) < 4.78 is 6.65. The molecule has 0 saturated carbocycles. The van der Waals surface area contributed by atoms with Gasteiger partial charge in [-0.15, -0.1) is 0 Å². The van der Waals surface area contributed by atoms with Gasteiger partial charge in [-0.2, -0.15) is 0 Å². The molecular formula is C9H8N4O2. The third-order valence-corrected chi connectivity index (χ3v) is 2.48. The predicted molar refractivity (Wildman–Crippen MR) is 49.9 cm³/mol. The van der Waals surface area contributed by atoms with Crippen molar-refractivity contribution in [3.8, 4) is 0 Å². The van der Waals surface area contributed by atoms with Gasteiger partial charge in [0.2, 0.25) is 0 Å². The maximum absolute atomic E-state index is 11.4. The van der Waals surface area contributed by atoms with E-state index in [1.54, 1.807) is 17.1 Å². The second kappa shape index (κ2) is 3.01. The second-order valence-corrected chi connectivity index (χ2v) is 3.36. The lowest BCUT2D eigenvalue weighted by Gasteiger charge is -2.06. The van der Waals surface area contributed by atoms with E-state index in [4.69, 9.17) is 4.74 Å². The van der Waals surface area contributed by atoms with E-state index in [-0.39, 0.29) is 12.0 Å². The summed E-state index contributed by atoms with van der Waals surface area (Å²) >= 11 is 0. The van der Waals surface area contributed by atoms with Crippen molar-refractivity contribution in [1.82, 2.24) is 19.5 Å². The lowest BCUT2D eigenvalue weighted by atomic mass is 10.2. The Hall–Kier alpha value is -1.98. The number of cyclic esters (lactones) is 1. The number of hydrogen-bond acceptors (Lipinski definition) is 5. The van der Waals surface area contributed by atoms with Crippen LogP contribution in [-0.4, -0.2) is 32.1 Å². The van der Waals surface area contributed by atoms with Gasteiger partial charge < -0.3 is 9.30 Å². The monoisotopic (exact) mass is 204 g/mol. The van der Waals surface area contributed by atoms with Crippen molar-refractivity contribution in [3.05, 3.63) is 18.9 Å². The van der Waals surface area contributed by atoms with Crippen molar-refractivity contribution in [3.63, 3.8) is 0 Å². The molecule has 1 atom stereocenters. The van der Waals surface area contributed by atoms with Crippen LogP contribution in [0, 0.1) is 0 Å². The van der Waals surface area contributed by atoms with Crippen LogP contribution in [0.5, 0.6) is 0 Å². The number of nitrogens with zero attached hydrogens (tertiary/aromatic N) is 4. The van der Waals surface area contributed by atoms with Gasteiger partial charge in [-0.05, 0) is 0 Å². The summed E-state index contributed by atoms with van der Waals surface area (Å²) in [5.74, 6) is -0.215. The molecule has 0 N–H and O–H groups in total. The molecule has 6 nitrogen and oxygen atoms in total. The number of fused-ring (bicyclic) bond motifs is 1. The van der Waals surface area contributed by atoms with E-state index in [2.05, 4.69) is 15.0 Å². The van der Waals surface area contributed by atoms with Gasteiger partial charge in [0.05, 0.1) is 19.1 Å². The van der Waals surface area contributed by atoms with Gasteiger partial charge in [-0.3, -0.25) is 0 Å². The maximum Gasteiger partial charge on any atom is 0.329 e. The van der Waals surface area contributed by atoms with Crippen LogP contribution in [0.2, 0.25) is 0 Å². The fourth-order valence-electron chi connectivity index (χ4n) is 1.75. The highest BCUT2D eigenvalue weighted by Gasteiger charge is 2.29. The van der Waals surface area contributed by atoms with Gasteiger partial charge in [-0.25, -0.2) is 19.7 Å². The minimum Gasteiger partial charge on any atom is -0.464 e. The summed E-state index contributed by atoms with van der Waals surface area (Å²) in [5.41, 5.74) is 1.37. The van der Waals surface area contributed by atoms with Crippen molar-refractivity contribution >= 4 is 17.1 Å². The fraction of sp³-hybridized carbons (Fsp3) is 0.333. The highest BCUT2D eigenvalue weighted by molar-refractivity contribution is 5.79. The van der Waals surface area contributed by atoms with E-state index in [0.29, 0.717) is 24.2 Å². The molecule has 0 bridgehead atoms. The number of carbonyl (C=O) groups excluding carboxylic acids is 1. The second-order valence-electron chi connectivity index (χ2n) is 3.36. The van der Waals surface area contributed by atoms with Gasteiger partial charge in [0.25, 0.3) is 0 Å². The van der Waals surface area contributed by atoms with E-state index in [1.165, 1.54) is 6.33 Å². The molecule has 3 heterocycles. The average molecular weight is 204 g/mol. The molecule has 1 saturated heterocycles. The van der Waals surface area contributed by atoms with Crippen molar-refractivity contribution in [2.45, 2.75) is 12.5 Å². The third kappa shape index (κ3) is 1.18. The quantitative estimate of drug-likeness (QED) is 0.625. The zero-order chi connectivity index (χ0) is 10.3. The molecule has 0 radical (unpaired) electrons. The summed E-state index contributed by atoms with van der Waals surface area (Å²) in [6.45, 7) is 0.467. The van der Waals surface area contributed by atoms with Crippen molar-refractivity contribution < 1.29 is 9.53 Å². The molecule has 3 rings (SSSR count). The first kappa shape index (κ1) is 8.34. The van der Waals surface area contributed by atoms with E-state index in [1.807, 2.05) is 0 Å². The Morgan fingerprint density at radius 2 is 2.40 bits per heavy atom. The topological polar surface area (TPSA) is 69.9 Å². The molecule has 76 valence electrons. The molecule has 1 aliphatic rings. The highest BCUT2D eigenvalue weighted by atomic mass is 16.5. The molecule has 1 aliphatic heterocycles. The van der Waals surface area contributed by atoms with E-state index >= 15 is 0 Å². The highest BCUT2D eigenvalue weighted by Crippen LogP contribution is 2.23. The Kier molecular flexibility index (Phi) is 1.67. The lowest BCUT2D eigenvalue weighted by molar-refractivity contribution is -0.140. The Labute approximate surface area is 84.9 Å². The molecule has 0 amide bonds. The van der Waals surface area contributed by atoms with Crippen LogP contribution >= 0.6 is 0 Å². The summed E-state index contributed by atoms with van der Waals surface area (Å²) in [7, 11) is 0. The lowest BCUT2D eigenvalue weighted by Crippen LogP contribution is -2.13. The first-order chi connectivity index (χ1) is 7.36. The molecule has 0 aliphatic carbocycles. The Morgan fingerprint density at radius 1 is 1.47 bits per heavy atom. The van der Waals surface area contributed by atoms with E-state index < -0.39 is 0 Å². The number of ether oxygens (including phenoxy) is 1. The summed E-state index contributed by atoms with van der Waals surface area (Å²) in [4.78, 5) is 23.5. The summed E-state index contributed by atoms with van der Waals surface area (Å²) in [6, 6.07) is -0.287. The van der Waals surface area contributed by atoms with Crippen molar-refractivity contribution in [1.29, 1.82) is 0 Å². The molecule has 2 aromatic heterocycles. The number of aromatic nitrogens is 4. The molecular weight excluding hydrogens is 196 g/mol. The number of esters is 1. The first-order valence-corrected chi connectivity index (χ1v) is 4.65. The standard InChI is InChI=1S/C9H8N4O2/c14-9-7(1-2-15-9)13-5-12-6-3-10-4-11-8(6)13/h3-5,7H,1-2H2. The Bertz CT molecular complexity index is 522. The molecule has 15 heavy (non-hydrogen) atoms. The number of imidazole rings is 1. The molecule has 0 spiro atoms. The number of rotatable bonds is 1. The van der Waals surface area contributed by atoms with Gasteiger partial charge in [0.1, 0.15) is 17.9 Å². The molecule has 1 unspecified atom stereocenters. The normalized spacial score (nSPS) is 20.8. The fourth-order valence-corrected chi connectivity index (χ4v) is 1.75. The maximum atomic E-state index is 11.4. The zero-order valence-electron chi connectivity index (χ0n) is 7.83. The number of hydrogen-bond donors (Lipinski definition) is 0. The first-order valence-electron chi connectivity index (χ1n) is 4.65. The minimum atomic E-state index is -0.287. The average Bonchev–Trinajstić information content (AvgIpc) is 2.83. The SMILES string of the molecule is O=C1OCCC1n1cnc2cncnc21. The van der Waals surface area contributed by atoms with Crippen LogP contribution in [0.25, 0.3) is 11.2 Å². The summed E-state index contributed by atoms with van der Waals surface area (Å²) in [6.07, 6.45) is 5.35. The minimum absolute atomic E-state index is 0.215. The molecule has 0 aromatic carbocycles. The van der Waals surface area contributed by atoms with E-state index in [9.17, 15) is 4.79 Å². The van der Waals surface area contributed by atoms with E-state index in [0.717, 1.165) is 0 Å². The smallest absolute Gasteiger partial charge is 0.329 e. The van der Waals surface area contributed by atoms with Crippen LogP contribution in [-0.2, 0) is 9.53 Å². The largest absolute Gasteiger partial charge is 0.464 e. The number of carbonyl (C=O) groups is 1. The molecule has 1 fully saturated rings. The van der Waals surface area contributed by atoms with Crippen molar-refractivity contribution in [2.24, 2.45) is 0 Å². The Balaban J connectivity index is 2.14. The van der Waals surface area contributed by atoms with Crippen LogP contribution in [0.3, 0.4) is 0 Å². The molecule has 2 aromatic rings. The van der Waals surface area contributed by atoms with Gasteiger partial charge in [-0.1, -0.05) is 0 Å². The van der Waals surface area contributed by atoms with Crippen LogP contribution in [0.1, 0.15) is 12.5 Å². The van der Waals surface area contributed by atoms with Crippen molar-refractivity contribution in [2.75, 3.05) is 6.61 Å². The van der Waals surface area contributed by atoms with Gasteiger partial charge in [0, 0.05) is 6.42 Å². The zero-order valence-corrected chi connectivity index (χ0v) is 7.83.